The molecule has 3 heteroatoms. The van der Waals surface area contributed by atoms with Crippen LogP contribution in [0.4, 0.5) is 0 Å². The lowest BCUT2D eigenvalue weighted by molar-refractivity contribution is -0.124. The molecular weight excluding hydrogens is 212 g/mol. The van der Waals surface area contributed by atoms with Crippen LogP contribution in [-0.2, 0) is 4.79 Å². The first-order chi connectivity index (χ1) is 7.43. The Labute approximate surface area is 107 Å². The first-order valence-corrected chi connectivity index (χ1v) is 6.50. The summed E-state index contributed by atoms with van der Waals surface area (Å²) in [5, 5.41) is 3.05. The highest BCUT2D eigenvalue weighted by molar-refractivity contribution is 5.82. The van der Waals surface area contributed by atoms with Crippen molar-refractivity contribution in [2.24, 2.45) is 17.1 Å². The Balaban J connectivity index is 4.36. The van der Waals surface area contributed by atoms with Gasteiger partial charge in [-0.2, -0.15) is 0 Å². The van der Waals surface area contributed by atoms with Gasteiger partial charge in [0, 0.05) is 5.54 Å². The van der Waals surface area contributed by atoms with Gasteiger partial charge in [-0.05, 0) is 38.0 Å². The molecule has 0 radical (unpaired) electrons. The molecule has 0 aliphatic carbocycles. The molecule has 0 fully saturated rings. The van der Waals surface area contributed by atoms with Gasteiger partial charge in [0.1, 0.15) is 0 Å². The van der Waals surface area contributed by atoms with E-state index in [9.17, 15) is 4.79 Å². The van der Waals surface area contributed by atoms with Gasteiger partial charge in [-0.1, -0.05) is 34.6 Å². The second-order valence-corrected chi connectivity index (χ2v) is 7.35. The summed E-state index contributed by atoms with van der Waals surface area (Å²) in [6, 6.07) is -0.394. The number of amides is 1. The molecule has 17 heavy (non-hydrogen) atoms. The number of hydrogen-bond acceptors (Lipinski definition) is 2. The molecule has 0 rings (SSSR count). The maximum absolute atomic E-state index is 11.9. The molecule has 0 aliphatic heterocycles. The van der Waals surface area contributed by atoms with Crippen molar-refractivity contribution < 1.29 is 4.79 Å². The van der Waals surface area contributed by atoms with Crippen molar-refractivity contribution in [2.45, 2.75) is 72.9 Å². The van der Waals surface area contributed by atoms with Crippen LogP contribution in [0.25, 0.3) is 0 Å². The Bertz CT molecular complexity index is 251. The van der Waals surface area contributed by atoms with Crippen LogP contribution in [0.5, 0.6) is 0 Å². The van der Waals surface area contributed by atoms with Gasteiger partial charge in [-0.15, -0.1) is 0 Å². The number of carbonyl (C=O) groups is 1. The molecule has 3 N–H and O–H groups in total. The molecule has 1 amide bonds. The molecule has 0 saturated heterocycles. The zero-order valence-corrected chi connectivity index (χ0v) is 12.6. The highest BCUT2D eigenvalue weighted by Gasteiger charge is 2.28. The minimum Gasteiger partial charge on any atom is -0.350 e. The Kier molecular flexibility index (Phi) is 5.66. The van der Waals surface area contributed by atoms with Crippen LogP contribution in [0.15, 0.2) is 0 Å². The number of hydrogen-bond donors (Lipinski definition) is 2. The summed E-state index contributed by atoms with van der Waals surface area (Å²) >= 11 is 0. The lowest BCUT2D eigenvalue weighted by atomic mass is 9.81. The smallest absolute Gasteiger partial charge is 0.237 e. The second-order valence-electron chi connectivity index (χ2n) is 7.35. The summed E-state index contributed by atoms with van der Waals surface area (Å²) in [6.07, 6.45) is 1.66. The van der Waals surface area contributed by atoms with Crippen molar-refractivity contribution in [1.29, 1.82) is 0 Å². The first-order valence-electron chi connectivity index (χ1n) is 6.50. The van der Waals surface area contributed by atoms with Crippen LogP contribution >= 0.6 is 0 Å². The first kappa shape index (κ1) is 16.4. The lowest BCUT2D eigenvalue weighted by Crippen LogP contribution is -2.52. The van der Waals surface area contributed by atoms with E-state index < -0.39 is 6.04 Å². The SMILES string of the molecule is CC(C)C[C@@H](N)C(=O)NC(C)(C)CC(C)(C)C. The van der Waals surface area contributed by atoms with Crippen LogP contribution in [0.2, 0.25) is 0 Å². The predicted molar refractivity (Wildman–Crippen MR) is 73.7 cm³/mol. The fraction of sp³-hybridized carbons (Fsp3) is 0.929. The molecule has 0 unspecified atom stereocenters. The Morgan fingerprint density at radius 2 is 1.65 bits per heavy atom. The zero-order chi connectivity index (χ0) is 13.9. The molecule has 0 saturated carbocycles. The van der Waals surface area contributed by atoms with Gasteiger partial charge in [0.25, 0.3) is 0 Å². The average Bonchev–Trinajstić information content (AvgIpc) is 1.95. The highest BCUT2D eigenvalue weighted by Crippen LogP contribution is 2.26. The molecule has 0 bridgehead atoms. The molecule has 0 aromatic carbocycles. The monoisotopic (exact) mass is 242 g/mol. The van der Waals surface area contributed by atoms with Crippen molar-refractivity contribution >= 4 is 5.91 Å². The van der Waals surface area contributed by atoms with E-state index >= 15 is 0 Å². The zero-order valence-electron chi connectivity index (χ0n) is 12.6. The van der Waals surface area contributed by atoms with Crippen LogP contribution in [0.3, 0.4) is 0 Å². The van der Waals surface area contributed by atoms with E-state index in [1.807, 2.05) is 0 Å². The molecule has 0 aromatic heterocycles. The molecule has 0 spiro atoms. The molecule has 0 aliphatic rings. The third-order valence-corrected chi connectivity index (χ3v) is 2.50. The molecule has 102 valence electrons. The summed E-state index contributed by atoms with van der Waals surface area (Å²) in [6.45, 7) is 14.8. The summed E-state index contributed by atoms with van der Waals surface area (Å²) in [5.74, 6) is 0.412. The van der Waals surface area contributed by atoms with Crippen LogP contribution < -0.4 is 11.1 Å². The predicted octanol–water partition coefficient (Wildman–Crippen LogP) is 2.69. The average molecular weight is 242 g/mol. The third kappa shape index (κ3) is 8.19. The fourth-order valence-corrected chi connectivity index (χ4v) is 2.41. The lowest BCUT2D eigenvalue weighted by Gasteiger charge is -2.34. The molecule has 1 atom stereocenters. The third-order valence-electron chi connectivity index (χ3n) is 2.50. The van der Waals surface area contributed by atoms with Gasteiger partial charge in [0.05, 0.1) is 6.04 Å². The van der Waals surface area contributed by atoms with Crippen molar-refractivity contribution in [3.05, 3.63) is 0 Å². The number of nitrogens with two attached hydrogens (primary N) is 1. The van der Waals surface area contributed by atoms with Crippen LogP contribution in [0.1, 0.15) is 61.3 Å². The van der Waals surface area contributed by atoms with E-state index in [0.717, 1.165) is 12.8 Å². The van der Waals surface area contributed by atoms with Crippen LogP contribution in [0, 0.1) is 11.3 Å². The second kappa shape index (κ2) is 5.85. The summed E-state index contributed by atoms with van der Waals surface area (Å²) in [4.78, 5) is 11.9. The molecule has 3 nitrogen and oxygen atoms in total. The fourth-order valence-electron chi connectivity index (χ4n) is 2.41. The van der Waals surface area contributed by atoms with E-state index in [1.165, 1.54) is 0 Å². The van der Waals surface area contributed by atoms with Crippen molar-refractivity contribution in [3.8, 4) is 0 Å². The van der Waals surface area contributed by atoms with Crippen molar-refractivity contribution in [3.63, 3.8) is 0 Å². The maximum Gasteiger partial charge on any atom is 0.237 e. The number of carbonyl (C=O) groups excluding carboxylic acids is 1. The summed E-state index contributed by atoms with van der Waals surface area (Å²) in [7, 11) is 0. The molecule has 0 aromatic rings. The minimum atomic E-state index is -0.394. The van der Waals surface area contributed by atoms with Crippen LogP contribution in [-0.4, -0.2) is 17.5 Å². The Morgan fingerprint density at radius 1 is 1.18 bits per heavy atom. The van der Waals surface area contributed by atoms with Gasteiger partial charge >= 0.3 is 0 Å². The highest BCUT2D eigenvalue weighted by atomic mass is 16.2. The summed E-state index contributed by atoms with van der Waals surface area (Å²) in [5.41, 5.74) is 5.87. The quantitative estimate of drug-likeness (QED) is 0.779. The maximum atomic E-state index is 11.9. The Hall–Kier alpha value is -0.570. The van der Waals surface area contributed by atoms with E-state index in [2.05, 4.69) is 53.8 Å². The minimum absolute atomic E-state index is 0.0343. The van der Waals surface area contributed by atoms with E-state index in [0.29, 0.717) is 5.92 Å². The number of rotatable bonds is 5. The normalized spacial score (nSPS) is 14.9. The van der Waals surface area contributed by atoms with Gasteiger partial charge in [0.15, 0.2) is 0 Å². The standard InChI is InChI=1S/C14H30N2O/c1-10(2)8-11(15)12(17)16-14(6,7)9-13(3,4)5/h10-11H,8-9,15H2,1-7H3,(H,16,17)/t11-/m1/s1. The van der Waals surface area contributed by atoms with E-state index in [4.69, 9.17) is 5.73 Å². The van der Waals surface area contributed by atoms with Gasteiger partial charge in [0.2, 0.25) is 5.91 Å². The van der Waals surface area contributed by atoms with E-state index in [-0.39, 0.29) is 16.9 Å². The van der Waals surface area contributed by atoms with Gasteiger partial charge < -0.3 is 11.1 Å². The largest absolute Gasteiger partial charge is 0.350 e. The van der Waals surface area contributed by atoms with Crippen molar-refractivity contribution in [1.82, 2.24) is 5.32 Å². The number of nitrogens with one attached hydrogen (secondary N) is 1. The van der Waals surface area contributed by atoms with Crippen molar-refractivity contribution in [2.75, 3.05) is 0 Å². The van der Waals surface area contributed by atoms with Gasteiger partial charge in [-0.3, -0.25) is 4.79 Å². The van der Waals surface area contributed by atoms with Gasteiger partial charge in [-0.25, -0.2) is 0 Å². The Morgan fingerprint density at radius 3 is 2.00 bits per heavy atom. The summed E-state index contributed by atoms with van der Waals surface area (Å²) < 4.78 is 0. The van der Waals surface area contributed by atoms with E-state index in [1.54, 1.807) is 0 Å². The molecular formula is C14H30N2O. The molecule has 0 heterocycles. The topological polar surface area (TPSA) is 55.1 Å².